The number of hydrogen-bond acceptors (Lipinski definition) is 2. The molecule has 3 heteroatoms. The van der Waals surface area contributed by atoms with E-state index in [9.17, 15) is 0 Å². The van der Waals surface area contributed by atoms with E-state index >= 15 is 0 Å². The third kappa shape index (κ3) is 4.74. The molecule has 0 N–H and O–H groups in total. The number of aromatic nitrogens is 1. The summed E-state index contributed by atoms with van der Waals surface area (Å²) < 4.78 is 6.92. The molecular formula is C15H16INO. The fourth-order valence-electron chi connectivity index (χ4n) is 1.70. The Kier molecular flexibility index (Phi) is 5.61. The van der Waals surface area contributed by atoms with E-state index in [2.05, 4.69) is 64.0 Å². The summed E-state index contributed by atoms with van der Waals surface area (Å²) in [5, 5.41) is 0. The third-order valence-corrected chi connectivity index (χ3v) is 3.40. The van der Waals surface area contributed by atoms with Crippen molar-refractivity contribution >= 4 is 22.6 Å². The Morgan fingerprint density at radius 1 is 0.944 bits per heavy atom. The van der Waals surface area contributed by atoms with Gasteiger partial charge in [0.05, 0.1) is 6.61 Å². The van der Waals surface area contributed by atoms with E-state index in [0.717, 1.165) is 19.4 Å². The van der Waals surface area contributed by atoms with E-state index in [0.29, 0.717) is 6.61 Å². The standard InChI is InChI=1S/C15H16INO/c16-15-5-3-14(4-6-15)12-18-11-1-2-13-7-9-17-10-8-13/h3-10H,1-2,11-12H2. The van der Waals surface area contributed by atoms with Gasteiger partial charge in [-0.1, -0.05) is 12.1 Å². The van der Waals surface area contributed by atoms with Gasteiger partial charge < -0.3 is 4.74 Å². The number of hydrogen-bond donors (Lipinski definition) is 0. The summed E-state index contributed by atoms with van der Waals surface area (Å²) >= 11 is 2.31. The molecule has 0 aliphatic rings. The maximum Gasteiger partial charge on any atom is 0.0716 e. The van der Waals surface area contributed by atoms with Crippen LogP contribution in [0.5, 0.6) is 0 Å². The summed E-state index contributed by atoms with van der Waals surface area (Å²) in [6.45, 7) is 1.50. The number of rotatable bonds is 6. The number of ether oxygens (including phenoxy) is 1. The van der Waals surface area contributed by atoms with Crippen LogP contribution in [0.2, 0.25) is 0 Å². The largest absolute Gasteiger partial charge is 0.377 e. The quantitative estimate of drug-likeness (QED) is 0.582. The molecule has 94 valence electrons. The highest BCUT2D eigenvalue weighted by Gasteiger charge is 1.95. The lowest BCUT2D eigenvalue weighted by Crippen LogP contribution is -1.97. The van der Waals surface area contributed by atoms with Crippen LogP contribution in [0.4, 0.5) is 0 Å². The normalized spacial score (nSPS) is 10.5. The van der Waals surface area contributed by atoms with Gasteiger partial charge in [-0.3, -0.25) is 4.98 Å². The molecule has 2 rings (SSSR count). The van der Waals surface area contributed by atoms with Gasteiger partial charge in [-0.25, -0.2) is 0 Å². The van der Waals surface area contributed by atoms with Gasteiger partial charge in [-0.15, -0.1) is 0 Å². The van der Waals surface area contributed by atoms with Crippen LogP contribution < -0.4 is 0 Å². The van der Waals surface area contributed by atoms with Gasteiger partial charge in [0.2, 0.25) is 0 Å². The average molecular weight is 353 g/mol. The van der Waals surface area contributed by atoms with Crippen molar-refractivity contribution in [3.8, 4) is 0 Å². The zero-order chi connectivity index (χ0) is 12.6. The number of benzene rings is 1. The fourth-order valence-corrected chi connectivity index (χ4v) is 2.06. The van der Waals surface area contributed by atoms with E-state index in [1.165, 1.54) is 14.7 Å². The molecule has 0 saturated carbocycles. The zero-order valence-corrected chi connectivity index (χ0v) is 12.3. The van der Waals surface area contributed by atoms with Crippen molar-refractivity contribution in [3.63, 3.8) is 0 Å². The van der Waals surface area contributed by atoms with Gasteiger partial charge in [0.1, 0.15) is 0 Å². The Bertz CT molecular complexity index is 456. The summed E-state index contributed by atoms with van der Waals surface area (Å²) in [6.07, 6.45) is 5.77. The van der Waals surface area contributed by atoms with Crippen LogP contribution in [0, 0.1) is 3.57 Å². The highest BCUT2D eigenvalue weighted by Crippen LogP contribution is 2.08. The predicted molar refractivity (Wildman–Crippen MR) is 81.4 cm³/mol. The van der Waals surface area contributed by atoms with Crippen LogP contribution in [0.25, 0.3) is 0 Å². The molecule has 0 spiro atoms. The first kappa shape index (κ1) is 13.5. The highest BCUT2D eigenvalue weighted by molar-refractivity contribution is 14.1. The molecule has 0 unspecified atom stereocenters. The molecule has 0 atom stereocenters. The van der Waals surface area contributed by atoms with Crippen molar-refractivity contribution in [2.75, 3.05) is 6.61 Å². The molecule has 1 aromatic carbocycles. The molecule has 0 bridgehead atoms. The summed E-state index contributed by atoms with van der Waals surface area (Å²) in [4.78, 5) is 4.00. The minimum Gasteiger partial charge on any atom is -0.377 e. The van der Waals surface area contributed by atoms with Gasteiger partial charge in [0.15, 0.2) is 0 Å². The predicted octanol–water partition coefficient (Wildman–Crippen LogP) is 3.84. The summed E-state index contributed by atoms with van der Waals surface area (Å²) in [5.74, 6) is 0. The van der Waals surface area contributed by atoms with Crippen molar-refractivity contribution < 1.29 is 4.74 Å². The van der Waals surface area contributed by atoms with Gasteiger partial charge >= 0.3 is 0 Å². The minimum atomic E-state index is 0.702. The molecular weight excluding hydrogens is 337 g/mol. The first-order chi connectivity index (χ1) is 8.84. The highest BCUT2D eigenvalue weighted by atomic mass is 127. The third-order valence-electron chi connectivity index (χ3n) is 2.69. The second-order valence-electron chi connectivity index (χ2n) is 4.14. The lowest BCUT2D eigenvalue weighted by molar-refractivity contribution is 0.118. The summed E-state index contributed by atoms with van der Waals surface area (Å²) in [7, 11) is 0. The van der Waals surface area contributed by atoms with Gasteiger partial charge in [-0.2, -0.15) is 0 Å². The van der Waals surface area contributed by atoms with Crippen LogP contribution in [-0.2, 0) is 17.8 Å². The lowest BCUT2D eigenvalue weighted by atomic mass is 10.1. The smallest absolute Gasteiger partial charge is 0.0716 e. The van der Waals surface area contributed by atoms with Gasteiger partial charge in [-0.05, 0) is 70.8 Å². The molecule has 18 heavy (non-hydrogen) atoms. The van der Waals surface area contributed by atoms with Crippen molar-refractivity contribution in [2.24, 2.45) is 0 Å². The number of halogens is 1. The molecule has 0 aliphatic heterocycles. The van der Waals surface area contributed by atoms with E-state index in [4.69, 9.17) is 4.74 Å². The van der Waals surface area contributed by atoms with Crippen molar-refractivity contribution in [1.29, 1.82) is 0 Å². The van der Waals surface area contributed by atoms with E-state index in [1.807, 2.05) is 12.4 Å². The summed E-state index contributed by atoms with van der Waals surface area (Å²) in [5.41, 5.74) is 2.56. The molecule has 1 heterocycles. The van der Waals surface area contributed by atoms with Crippen LogP contribution in [0.3, 0.4) is 0 Å². The molecule has 0 fully saturated rings. The van der Waals surface area contributed by atoms with Crippen LogP contribution in [-0.4, -0.2) is 11.6 Å². The average Bonchev–Trinajstić information content (AvgIpc) is 2.42. The van der Waals surface area contributed by atoms with Crippen molar-refractivity contribution in [2.45, 2.75) is 19.4 Å². The van der Waals surface area contributed by atoms with E-state index in [-0.39, 0.29) is 0 Å². The maximum absolute atomic E-state index is 5.66. The Morgan fingerprint density at radius 3 is 2.39 bits per heavy atom. The molecule has 1 aromatic heterocycles. The molecule has 0 saturated heterocycles. The number of pyridine rings is 1. The van der Waals surface area contributed by atoms with Crippen LogP contribution >= 0.6 is 22.6 Å². The SMILES string of the molecule is Ic1ccc(COCCCc2ccncc2)cc1. The Labute approximate surface area is 122 Å². The van der Waals surface area contributed by atoms with Crippen LogP contribution in [0.1, 0.15) is 17.5 Å². The Morgan fingerprint density at radius 2 is 1.67 bits per heavy atom. The number of aryl methyl sites for hydroxylation is 1. The minimum absolute atomic E-state index is 0.702. The monoisotopic (exact) mass is 353 g/mol. The second-order valence-corrected chi connectivity index (χ2v) is 5.38. The topological polar surface area (TPSA) is 22.1 Å². The van der Waals surface area contributed by atoms with Crippen molar-refractivity contribution in [1.82, 2.24) is 4.98 Å². The van der Waals surface area contributed by atoms with E-state index in [1.54, 1.807) is 0 Å². The Balaban J connectivity index is 1.63. The lowest BCUT2D eigenvalue weighted by Gasteiger charge is -2.04. The fraction of sp³-hybridized carbons (Fsp3) is 0.267. The molecule has 0 amide bonds. The molecule has 0 radical (unpaired) electrons. The number of nitrogens with zero attached hydrogens (tertiary/aromatic N) is 1. The van der Waals surface area contributed by atoms with Crippen LogP contribution in [0.15, 0.2) is 48.8 Å². The zero-order valence-electron chi connectivity index (χ0n) is 10.2. The molecule has 2 nitrogen and oxygen atoms in total. The Hall–Kier alpha value is -0.940. The second kappa shape index (κ2) is 7.48. The summed E-state index contributed by atoms with van der Waals surface area (Å²) in [6, 6.07) is 12.6. The first-order valence-electron chi connectivity index (χ1n) is 6.06. The van der Waals surface area contributed by atoms with Gasteiger partial charge in [0.25, 0.3) is 0 Å². The van der Waals surface area contributed by atoms with Crippen molar-refractivity contribution in [3.05, 3.63) is 63.5 Å². The maximum atomic E-state index is 5.66. The first-order valence-corrected chi connectivity index (χ1v) is 7.13. The molecule has 2 aromatic rings. The van der Waals surface area contributed by atoms with Gasteiger partial charge in [0, 0.05) is 22.6 Å². The molecule has 0 aliphatic carbocycles. The van der Waals surface area contributed by atoms with E-state index < -0.39 is 0 Å².